The molecule has 3 nitrogen and oxygen atoms in total. The van der Waals surface area contributed by atoms with Gasteiger partial charge in [0.25, 0.3) is 0 Å². The number of methoxy groups -OCH3 is 1. The molecule has 0 saturated carbocycles. The van der Waals surface area contributed by atoms with Crippen molar-refractivity contribution in [1.82, 2.24) is 0 Å². The fourth-order valence-electron chi connectivity index (χ4n) is 2.29. The smallest absolute Gasteiger partial charge is 0.228 e. The van der Waals surface area contributed by atoms with Crippen LogP contribution in [0.3, 0.4) is 0 Å². The summed E-state index contributed by atoms with van der Waals surface area (Å²) < 4.78 is 23.8. The first kappa shape index (κ1) is 13.4. The van der Waals surface area contributed by atoms with Gasteiger partial charge in [-0.25, -0.2) is 4.39 Å². The average molecular weight is 284 g/mol. The van der Waals surface area contributed by atoms with Gasteiger partial charge < -0.3 is 9.15 Å². The second-order valence-corrected chi connectivity index (χ2v) is 4.75. The molecule has 0 N–H and O–H groups in total. The zero-order valence-corrected chi connectivity index (χ0v) is 11.6. The lowest BCUT2D eigenvalue weighted by molar-refractivity contribution is 0.101. The van der Waals surface area contributed by atoms with Crippen LogP contribution in [0.4, 0.5) is 4.39 Å². The number of aryl methyl sites for hydroxylation is 1. The largest absolute Gasteiger partial charge is 0.497 e. The molecule has 2 aromatic carbocycles. The molecule has 0 radical (unpaired) electrons. The van der Waals surface area contributed by atoms with Crippen LogP contribution < -0.4 is 4.74 Å². The minimum atomic E-state index is -0.389. The van der Waals surface area contributed by atoms with E-state index in [4.69, 9.17) is 9.15 Å². The van der Waals surface area contributed by atoms with E-state index in [0.717, 1.165) is 5.39 Å². The van der Waals surface area contributed by atoms with E-state index in [9.17, 15) is 9.18 Å². The molecular weight excluding hydrogens is 271 g/mol. The molecule has 0 aliphatic carbocycles. The lowest BCUT2D eigenvalue weighted by atomic mass is 10.0. The first-order valence-electron chi connectivity index (χ1n) is 6.47. The molecule has 0 unspecified atom stereocenters. The van der Waals surface area contributed by atoms with Crippen molar-refractivity contribution in [3.8, 4) is 5.75 Å². The molecule has 3 rings (SSSR count). The number of carbonyl (C=O) groups excluding carboxylic acids is 1. The van der Waals surface area contributed by atoms with Crippen molar-refractivity contribution in [2.75, 3.05) is 7.11 Å². The molecule has 0 atom stereocenters. The summed E-state index contributed by atoms with van der Waals surface area (Å²) >= 11 is 0. The summed E-state index contributed by atoms with van der Waals surface area (Å²) in [7, 11) is 1.56. The lowest BCUT2D eigenvalue weighted by Crippen LogP contribution is -2.01. The van der Waals surface area contributed by atoms with E-state index in [2.05, 4.69) is 0 Å². The van der Waals surface area contributed by atoms with Gasteiger partial charge in [0.1, 0.15) is 17.1 Å². The third-order valence-electron chi connectivity index (χ3n) is 3.46. The van der Waals surface area contributed by atoms with Crippen molar-refractivity contribution < 1.29 is 18.3 Å². The van der Waals surface area contributed by atoms with Gasteiger partial charge in [-0.1, -0.05) is 0 Å². The predicted molar refractivity (Wildman–Crippen MR) is 77.3 cm³/mol. The SMILES string of the molecule is COc1ccc(C(=O)c2oc3cc(F)ccc3c2C)cc1. The van der Waals surface area contributed by atoms with Crippen LogP contribution in [0.2, 0.25) is 0 Å². The number of furan rings is 1. The Labute approximate surface area is 120 Å². The van der Waals surface area contributed by atoms with Gasteiger partial charge in [0.2, 0.25) is 5.78 Å². The third kappa shape index (κ3) is 2.29. The Hall–Kier alpha value is -2.62. The summed E-state index contributed by atoms with van der Waals surface area (Å²) in [6.45, 7) is 1.79. The van der Waals surface area contributed by atoms with Crippen molar-refractivity contribution >= 4 is 16.8 Å². The fourth-order valence-corrected chi connectivity index (χ4v) is 2.29. The van der Waals surface area contributed by atoms with Gasteiger partial charge in [-0.3, -0.25) is 4.79 Å². The van der Waals surface area contributed by atoms with Crippen molar-refractivity contribution in [3.63, 3.8) is 0 Å². The molecule has 1 heterocycles. The second-order valence-electron chi connectivity index (χ2n) is 4.75. The van der Waals surface area contributed by atoms with Crippen molar-refractivity contribution in [3.05, 3.63) is 65.2 Å². The number of fused-ring (bicyclic) bond motifs is 1. The van der Waals surface area contributed by atoms with Crippen LogP contribution in [0, 0.1) is 12.7 Å². The highest BCUT2D eigenvalue weighted by Gasteiger charge is 2.19. The van der Waals surface area contributed by atoms with E-state index < -0.39 is 0 Å². The Kier molecular flexibility index (Phi) is 3.22. The summed E-state index contributed by atoms with van der Waals surface area (Å²) in [4.78, 5) is 12.5. The highest BCUT2D eigenvalue weighted by Crippen LogP contribution is 2.28. The molecule has 0 spiro atoms. The maximum Gasteiger partial charge on any atom is 0.228 e. The molecule has 0 aliphatic heterocycles. The van der Waals surface area contributed by atoms with Crippen molar-refractivity contribution in [2.45, 2.75) is 6.92 Å². The zero-order chi connectivity index (χ0) is 15.0. The number of halogens is 1. The summed E-state index contributed by atoms with van der Waals surface area (Å²) in [6.07, 6.45) is 0. The van der Waals surface area contributed by atoms with E-state index in [1.54, 1.807) is 44.4 Å². The van der Waals surface area contributed by atoms with Crippen LogP contribution in [-0.2, 0) is 0 Å². The van der Waals surface area contributed by atoms with Crippen LogP contribution in [0.25, 0.3) is 11.0 Å². The molecular formula is C17H13FO3. The van der Waals surface area contributed by atoms with Crippen molar-refractivity contribution in [2.24, 2.45) is 0 Å². The summed E-state index contributed by atoms with van der Waals surface area (Å²) in [6, 6.07) is 11.0. The molecule has 4 heteroatoms. The normalized spacial score (nSPS) is 10.8. The number of rotatable bonds is 3. The van der Waals surface area contributed by atoms with Crippen LogP contribution in [-0.4, -0.2) is 12.9 Å². The molecule has 0 aliphatic rings. The molecule has 0 fully saturated rings. The minimum Gasteiger partial charge on any atom is -0.497 e. The van der Waals surface area contributed by atoms with E-state index in [1.807, 2.05) is 0 Å². The van der Waals surface area contributed by atoms with E-state index in [1.165, 1.54) is 12.1 Å². The predicted octanol–water partition coefficient (Wildman–Crippen LogP) is 4.12. The maximum atomic E-state index is 13.2. The van der Waals surface area contributed by atoms with Crippen LogP contribution in [0.15, 0.2) is 46.9 Å². The van der Waals surface area contributed by atoms with E-state index in [-0.39, 0.29) is 17.4 Å². The first-order chi connectivity index (χ1) is 10.1. The Morgan fingerprint density at radius 2 is 1.86 bits per heavy atom. The molecule has 0 saturated heterocycles. The number of ether oxygens (including phenoxy) is 1. The lowest BCUT2D eigenvalue weighted by Gasteiger charge is -2.01. The van der Waals surface area contributed by atoms with Gasteiger partial charge in [-0.05, 0) is 43.3 Å². The maximum absolute atomic E-state index is 13.2. The summed E-state index contributed by atoms with van der Waals surface area (Å²) in [5.41, 5.74) is 1.59. The molecule has 0 amide bonds. The summed E-state index contributed by atoms with van der Waals surface area (Å²) in [5.74, 6) is 0.294. The zero-order valence-electron chi connectivity index (χ0n) is 11.6. The van der Waals surface area contributed by atoms with Crippen molar-refractivity contribution in [1.29, 1.82) is 0 Å². The first-order valence-corrected chi connectivity index (χ1v) is 6.47. The number of carbonyl (C=O) groups is 1. The van der Waals surface area contributed by atoms with Gasteiger partial charge in [0.15, 0.2) is 5.76 Å². The Bertz CT molecular complexity index is 816. The van der Waals surface area contributed by atoms with E-state index in [0.29, 0.717) is 22.5 Å². The summed E-state index contributed by atoms with van der Waals surface area (Å²) in [5, 5.41) is 0.744. The number of ketones is 1. The molecule has 1 aromatic heterocycles. The number of hydrogen-bond donors (Lipinski definition) is 0. The number of benzene rings is 2. The minimum absolute atomic E-state index is 0.230. The van der Waals surface area contributed by atoms with Gasteiger partial charge in [0, 0.05) is 22.6 Å². The highest BCUT2D eigenvalue weighted by atomic mass is 19.1. The fraction of sp³-hybridized carbons (Fsp3) is 0.118. The second kappa shape index (κ2) is 5.05. The monoisotopic (exact) mass is 284 g/mol. The molecule has 21 heavy (non-hydrogen) atoms. The van der Waals surface area contributed by atoms with Gasteiger partial charge >= 0.3 is 0 Å². The molecule has 106 valence electrons. The van der Waals surface area contributed by atoms with Gasteiger partial charge in [-0.15, -0.1) is 0 Å². The molecule has 3 aromatic rings. The van der Waals surface area contributed by atoms with Crippen LogP contribution >= 0.6 is 0 Å². The highest BCUT2D eigenvalue weighted by molar-refractivity contribution is 6.10. The van der Waals surface area contributed by atoms with Gasteiger partial charge in [-0.2, -0.15) is 0 Å². The third-order valence-corrected chi connectivity index (χ3v) is 3.46. The quantitative estimate of drug-likeness (QED) is 0.679. The van der Waals surface area contributed by atoms with Gasteiger partial charge in [0.05, 0.1) is 7.11 Å². The van der Waals surface area contributed by atoms with Crippen LogP contribution in [0.5, 0.6) is 5.75 Å². The van der Waals surface area contributed by atoms with E-state index >= 15 is 0 Å². The Balaban J connectivity index is 2.06. The number of hydrogen-bond acceptors (Lipinski definition) is 3. The molecule has 0 bridgehead atoms. The average Bonchev–Trinajstić information content (AvgIpc) is 2.83. The Morgan fingerprint density at radius 1 is 1.14 bits per heavy atom. The Morgan fingerprint density at radius 3 is 2.52 bits per heavy atom. The standard InChI is InChI=1S/C17H13FO3/c1-10-14-8-5-12(18)9-15(14)21-17(10)16(19)11-3-6-13(20-2)7-4-11/h3-9H,1-2H3. The topological polar surface area (TPSA) is 39.4 Å². The van der Waals surface area contributed by atoms with Crippen LogP contribution in [0.1, 0.15) is 21.7 Å².